The standard InChI is InChI=1S/C22H19Cl2F3N2O3.C19H16Cl3N3O3.C19H16Cl2N2O3/c1-12-8-14(22(25,26)27)10-16(9-12)28-21(32)29-18(5-7-20(29)31)19(30)6-3-13-2-4-15(23)11-17(13)24;20-12-3-1-11(14(21)9-12)2-6-16(26)15-5-8-18(27)25(15)19(28)24-13-4-7-17(22)23-10-13;20-13-7-6-12(15(21)11-13)10-17(24)16-8-9-18(25)23(16)19(26)22-14-4-2-1-3-5-14/h2,4,8-11,18H,3,5-7H2,1H3,(H,28,32);1,3-4,7,9-10,15H,2,5-6,8H2,(H,24,28);1-7,11,16H,8-10H2,(H,22,26)/t18-;15-;16-/m000/s1. The van der Waals surface area contributed by atoms with Gasteiger partial charge in [-0.05, 0) is 140 Å². The van der Waals surface area contributed by atoms with Gasteiger partial charge in [0, 0.05) is 80.0 Å². The molecule has 3 saturated heterocycles. The molecule has 16 nitrogen and oxygen atoms in total. The second kappa shape index (κ2) is 30.0. The number of alkyl halides is 3. The number of hydrogen-bond donors (Lipinski definition) is 3. The van der Waals surface area contributed by atoms with Crippen molar-refractivity contribution in [3.63, 3.8) is 0 Å². The molecule has 86 heavy (non-hydrogen) atoms. The van der Waals surface area contributed by atoms with Gasteiger partial charge in [0.25, 0.3) is 0 Å². The van der Waals surface area contributed by atoms with Gasteiger partial charge in [0.1, 0.15) is 23.3 Å². The van der Waals surface area contributed by atoms with Crippen LogP contribution < -0.4 is 16.0 Å². The lowest BCUT2D eigenvalue weighted by Crippen LogP contribution is -2.45. The average molecular weight is 1320 g/mol. The quantitative estimate of drug-likeness (QED) is 0.0878. The van der Waals surface area contributed by atoms with Gasteiger partial charge < -0.3 is 16.0 Å². The van der Waals surface area contributed by atoms with E-state index in [4.69, 9.17) is 81.2 Å². The van der Waals surface area contributed by atoms with E-state index in [0.29, 0.717) is 78.3 Å². The predicted octanol–water partition coefficient (Wildman–Crippen LogP) is 15.1. The zero-order valence-corrected chi connectivity index (χ0v) is 50.6. The number of carbonyl (C=O) groups is 9. The highest BCUT2D eigenvalue weighted by Crippen LogP contribution is 2.34. The SMILES string of the molecule is Cc1cc(NC(=O)N2C(=O)CC[C@H]2C(=O)CCc2ccc(Cl)cc2Cl)cc(C(F)(F)F)c1.O=C(CCc1ccc(Cl)cc1Cl)[C@@H]1CCC(=O)N1C(=O)Nc1ccc(Cl)nc1.O=C(Cc1ccc(Cl)cc1Cl)[C@@H]1CCC(=O)N1C(=O)Nc1ccccc1. The summed E-state index contributed by atoms with van der Waals surface area (Å²) in [7, 11) is 0. The highest BCUT2D eigenvalue weighted by molar-refractivity contribution is 6.36. The Labute approximate surface area is 526 Å². The normalized spacial score (nSPS) is 16.4. The smallest absolute Gasteiger partial charge is 0.307 e. The number of rotatable bonds is 14. The molecule has 26 heteroatoms. The molecule has 9 amide bonds. The first-order valence-electron chi connectivity index (χ1n) is 26.4. The number of anilines is 3. The third-order valence-electron chi connectivity index (χ3n) is 13.8. The molecule has 0 saturated carbocycles. The van der Waals surface area contributed by atoms with Crippen LogP contribution in [0.15, 0.2) is 121 Å². The van der Waals surface area contributed by atoms with Crippen LogP contribution in [0.25, 0.3) is 0 Å². The molecule has 3 N–H and O–H groups in total. The Kier molecular flexibility index (Phi) is 23.2. The zero-order valence-electron chi connectivity index (χ0n) is 45.3. The zero-order chi connectivity index (χ0) is 62.6. The summed E-state index contributed by atoms with van der Waals surface area (Å²) in [6, 6.07) is 25.0. The van der Waals surface area contributed by atoms with E-state index < -0.39 is 53.9 Å². The minimum Gasteiger partial charge on any atom is -0.307 e. The van der Waals surface area contributed by atoms with Crippen molar-refractivity contribution in [2.24, 2.45) is 0 Å². The van der Waals surface area contributed by atoms with E-state index in [1.165, 1.54) is 25.3 Å². The van der Waals surface area contributed by atoms with Gasteiger partial charge in [-0.25, -0.2) is 19.4 Å². The van der Waals surface area contributed by atoms with Gasteiger partial charge in [-0.15, -0.1) is 0 Å². The second-order valence-electron chi connectivity index (χ2n) is 19.8. The van der Waals surface area contributed by atoms with Crippen LogP contribution in [-0.2, 0) is 54.2 Å². The van der Waals surface area contributed by atoms with Crippen LogP contribution in [0.1, 0.15) is 79.2 Å². The molecule has 9 rings (SSSR count). The fourth-order valence-electron chi connectivity index (χ4n) is 9.54. The fourth-order valence-corrected chi connectivity index (χ4v) is 11.1. The number of amides is 9. The number of aryl methyl sites for hydroxylation is 3. The van der Waals surface area contributed by atoms with Crippen molar-refractivity contribution >= 4 is 151 Å². The molecule has 0 unspecified atom stereocenters. The number of ketones is 3. The Balaban J connectivity index is 0.000000186. The number of pyridine rings is 1. The van der Waals surface area contributed by atoms with Crippen molar-refractivity contribution < 1.29 is 56.3 Å². The summed E-state index contributed by atoms with van der Waals surface area (Å²) in [6.45, 7) is 1.46. The maximum absolute atomic E-state index is 13.1. The van der Waals surface area contributed by atoms with Crippen LogP contribution >= 0.6 is 81.2 Å². The van der Waals surface area contributed by atoms with E-state index in [0.717, 1.165) is 32.4 Å². The van der Waals surface area contributed by atoms with Crippen LogP contribution in [-0.4, -0.2) is 91.0 Å². The van der Waals surface area contributed by atoms with Crippen molar-refractivity contribution in [1.82, 2.24) is 19.7 Å². The number of carbonyl (C=O) groups excluding carboxylic acids is 9. The van der Waals surface area contributed by atoms with Crippen molar-refractivity contribution in [2.75, 3.05) is 16.0 Å². The Morgan fingerprint density at radius 1 is 0.500 bits per heavy atom. The molecule has 4 heterocycles. The van der Waals surface area contributed by atoms with Gasteiger partial charge in [0.05, 0.1) is 17.4 Å². The van der Waals surface area contributed by atoms with E-state index in [2.05, 4.69) is 20.9 Å². The Morgan fingerprint density at radius 3 is 1.34 bits per heavy atom. The number of benzene rings is 5. The van der Waals surface area contributed by atoms with Crippen LogP contribution in [0, 0.1) is 6.92 Å². The number of imide groups is 3. The van der Waals surface area contributed by atoms with E-state index in [9.17, 15) is 56.3 Å². The van der Waals surface area contributed by atoms with Gasteiger partial charge in [0.2, 0.25) is 17.7 Å². The molecule has 0 bridgehead atoms. The first-order valence-corrected chi connectivity index (χ1v) is 29.0. The minimum absolute atomic E-state index is 0.00680. The molecule has 3 aliphatic heterocycles. The average Bonchev–Trinajstić information content (AvgIpc) is 4.33. The van der Waals surface area contributed by atoms with Crippen molar-refractivity contribution in [3.8, 4) is 0 Å². The van der Waals surface area contributed by atoms with Crippen molar-refractivity contribution in [2.45, 2.75) is 102 Å². The Bertz CT molecular complexity index is 3580. The fraction of sp³-hybridized carbons (Fsp3) is 0.267. The van der Waals surface area contributed by atoms with Crippen LogP contribution in [0.3, 0.4) is 0 Å². The number of hydrogen-bond acceptors (Lipinski definition) is 10. The number of urea groups is 3. The number of para-hydroxylation sites is 1. The van der Waals surface area contributed by atoms with Gasteiger partial charge in [-0.3, -0.25) is 43.5 Å². The molecule has 5 aromatic carbocycles. The molecule has 6 aromatic rings. The molecule has 1 aromatic heterocycles. The van der Waals surface area contributed by atoms with Crippen molar-refractivity contribution in [3.05, 3.63) is 185 Å². The molecule has 0 spiro atoms. The second-order valence-corrected chi connectivity index (χ2v) is 22.8. The summed E-state index contributed by atoms with van der Waals surface area (Å²) in [5.74, 6) is -2.07. The lowest BCUT2D eigenvalue weighted by molar-refractivity contribution is -0.137. The number of nitrogens with one attached hydrogen (secondary N) is 3. The molecular weight excluding hydrogens is 1270 g/mol. The monoisotopic (exact) mass is 1320 g/mol. The largest absolute Gasteiger partial charge is 0.416 e. The van der Waals surface area contributed by atoms with Gasteiger partial charge in [0.15, 0.2) is 17.3 Å². The minimum atomic E-state index is -4.59. The summed E-state index contributed by atoms with van der Waals surface area (Å²) < 4.78 is 39.2. The lowest BCUT2D eigenvalue weighted by atomic mass is 10.0. The van der Waals surface area contributed by atoms with Crippen LogP contribution in [0.5, 0.6) is 0 Å². The highest BCUT2D eigenvalue weighted by Gasteiger charge is 2.43. The molecular formula is C60H51Cl7F3N7O9. The van der Waals surface area contributed by atoms with Crippen molar-refractivity contribution in [1.29, 1.82) is 0 Å². The predicted molar refractivity (Wildman–Crippen MR) is 323 cm³/mol. The van der Waals surface area contributed by atoms with E-state index in [1.54, 1.807) is 84.9 Å². The third-order valence-corrected chi connectivity index (χ3v) is 15.7. The van der Waals surface area contributed by atoms with Crippen LogP contribution in [0.2, 0.25) is 35.3 Å². The first-order chi connectivity index (χ1) is 40.8. The van der Waals surface area contributed by atoms with Gasteiger partial charge in [-0.1, -0.05) is 118 Å². The van der Waals surface area contributed by atoms with Gasteiger partial charge >= 0.3 is 24.3 Å². The molecule has 450 valence electrons. The number of likely N-dealkylation sites (tertiary alicyclic amines) is 3. The van der Waals surface area contributed by atoms with E-state index in [1.807, 2.05) is 6.07 Å². The van der Waals surface area contributed by atoms with E-state index >= 15 is 0 Å². The van der Waals surface area contributed by atoms with E-state index in [-0.39, 0.29) is 90.5 Å². The molecule has 0 aliphatic carbocycles. The molecule has 0 radical (unpaired) electrons. The lowest BCUT2D eigenvalue weighted by Gasteiger charge is -2.23. The maximum atomic E-state index is 13.1. The summed E-state index contributed by atoms with van der Waals surface area (Å²) in [4.78, 5) is 119. The number of aromatic nitrogens is 1. The number of Topliss-reactive ketones (excluding diaryl/α,β-unsaturated/α-hetero) is 3. The molecule has 3 aliphatic rings. The summed E-state index contributed by atoms with van der Waals surface area (Å²) in [6.07, 6.45) is -1.23. The number of nitrogens with zero attached hydrogens (tertiary/aromatic N) is 4. The maximum Gasteiger partial charge on any atom is 0.416 e. The molecule has 3 fully saturated rings. The highest BCUT2D eigenvalue weighted by atomic mass is 35.5. The summed E-state index contributed by atoms with van der Waals surface area (Å²) in [5.41, 5.74) is 2.29. The van der Waals surface area contributed by atoms with Crippen LogP contribution in [0.4, 0.5) is 44.6 Å². The molecule has 3 atom stereocenters. The topological polar surface area (TPSA) is 212 Å². The third kappa shape index (κ3) is 18.0. The summed E-state index contributed by atoms with van der Waals surface area (Å²) in [5, 5.41) is 10.5. The number of halogens is 10. The van der Waals surface area contributed by atoms with Gasteiger partial charge in [-0.2, -0.15) is 13.2 Å². The Hall–Kier alpha value is -7.10. The Morgan fingerprint density at radius 2 is 0.919 bits per heavy atom. The first kappa shape index (κ1) is 66.4. The summed E-state index contributed by atoms with van der Waals surface area (Å²) >= 11 is 41.7.